The van der Waals surface area contributed by atoms with Crippen molar-refractivity contribution in [2.24, 2.45) is 5.41 Å². The molecule has 0 fully saturated rings. The summed E-state index contributed by atoms with van der Waals surface area (Å²) in [7, 11) is 1.57. The number of anilines is 1. The van der Waals surface area contributed by atoms with Crippen molar-refractivity contribution in [3.8, 4) is 28.6 Å². The number of methoxy groups -OCH3 is 1. The summed E-state index contributed by atoms with van der Waals surface area (Å²) in [6.45, 7) is 3.89. The van der Waals surface area contributed by atoms with Gasteiger partial charge in [-0.15, -0.1) is 11.3 Å². The Morgan fingerprint density at radius 2 is 1.70 bits per heavy atom. The third-order valence-electron chi connectivity index (χ3n) is 7.25. The summed E-state index contributed by atoms with van der Waals surface area (Å²) < 4.78 is 11.4. The van der Waals surface area contributed by atoms with Gasteiger partial charge < -0.3 is 14.8 Å². The molecule has 8 heteroatoms. The van der Waals surface area contributed by atoms with Gasteiger partial charge in [-0.05, 0) is 41.0 Å². The van der Waals surface area contributed by atoms with Crippen LogP contribution in [-0.2, 0) is 11.2 Å². The highest BCUT2D eigenvalue weighted by molar-refractivity contribution is 7.13. The number of carbonyl (C=O) groups excluding carboxylic acids is 1. The molecule has 0 bridgehead atoms. The molecule has 0 saturated heterocycles. The van der Waals surface area contributed by atoms with E-state index in [1.54, 1.807) is 25.6 Å². The Hall–Kier alpha value is -4.56. The Morgan fingerprint density at radius 1 is 0.950 bits per heavy atom. The first-order valence-corrected chi connectivity index (χ1v) is 13.9. The first-order chi connectivity index (χ1) is 19.4. The lowest BCUT2D eigenvalue weighted by Gasteiger charge is -2.37. The van der Waals surface area contributed by atoms with Gasteiger partial charge in [0.1, 0.15) is 5.75 Å². The largest absolute Gasteiger partial charge is 0.481 e. The van der Waals surface area contributed by atoms with Crippen molar-refractivity contribution in [1.29, 1.82) is 0 Å². The number of hydrogen-bond acceptors (Lipinski definition) is 7. The van der Waals surface area contributed by atoms with Gasteiger partial charge in [0.2, 0.25) is 17.7 Å². The Morgan fingerprint density at radius 3 is 2.48 bits per heavy atom. The van der Waals surface area contributed by atoms with Crippen LogP contribution in [0, 0.1) is 5.41 Å². The average Bonchev–Trinajstić information content (AvgIpc) is 3.42. The summed E-state index contributed by atoms with van der Waals surface area (Å²) in [6.07, 6.45) is 4.27. The van der Waals surface area contributed by atoms with Crippen LogP contribution in [0.25, 0.3) is 11.1 Å². The summed E-state index contributed by atoms with van der Waals surface area (Å²) in [6, 6.07) is 23.9. The maximum absolute atomic E-state index is 13.8. The molecule has 3 aromatic heterocycles. The molecule has 0 spiro atoms. The number of amides is 1. The number of para-hydroxylation sites is 1. The highest BCUT2D eigenvalue weighted by Gasteiger charge is 2.44. The second-order valence-electron chi connectivity index (χ2n) is 10.3. The molecule has 0 radical (unpaired) electrons. The predicted octanol–water partition coefficient (Wildman–Crippen LogP) is 7.10. The highest BCUT2D eigenvalue weighted by Crippen LogP contribution is 2.52. The minimum absolute atomic E-state index is 0.126. The summed E-state index contributed by atoms with van der Waals surface area (Å²) >= 11 is 1.43. The lowest BCUT2D eigenvalue weighted by Crippen LogP contribution is -2.38. The van der Waals surface area contributed by atoms with Crippen molar-refractivity contribution < 1.29 is 14.3 Å². The van der Waals surface area contributed by atoms with Gasteiger partial charge in [-0.1, -0.05) is 56.3 Å². The average molecular weight is 549 g/mol. The number of nitrogens with zero attached hydrogens (tertiary/aromatic N) is 3. The van der Waals surface area contributed by atoms with Crippen molar-refractivity contribution in [2.45, 2.75) is 26.2 Å². The first kappa shape index (κ1) is 25.7. The molecule has 1 unspecified atom stereocenters. The normalized spacial score (nSPS) is 14.0. The number of hydrogen-bond donors (Lipinski definition) is 1. The van der Waals surface area contributed by atoms with Crippen molar-refractivity contribution in [2.75, 3.05) is 12.4 Å². The van der Waals surface area contributed by atoms with Gasteiger partial charge in [0, 0.05) is 47.3 Å². The molecule has 1 atom stereocenters. The summed E-state index contributed by atoms with van der Waals surface area (Å²) in [5, 5.41) is 5.65. The fraction of sp³-hybridized carbons (Fsp3) is 0.188. The van der Waals surface area contributed by atoms with E-state index in [9.17, 15) is 4.79 Å². The van der Waals surface area contributed by atoms with Crippen LogP contribution < -0.4 is 14.8 Å². The van der Waals surface area contributed by atoms with E-state index < -0.39 is 5.41 Å². The maximum atomic E-state index is 13.8. The standard InChI is InChI=1S/C32H28N4O3S/c1-32(2,28-24-6-4-5-7-26(24)39-29-25(28)12-13-27(35-29)38-3)30(37)36-31-34-23(19-40-31)18-20-8-10-21(11-9-20)22-14-16-33-17-15-22/h4-17,19,28H,18H2,1-3H3,(H,34,36,37). The maximum Gasteiger partial charge on any atom is 0.232 e. The van der Waals surface area contributed by atoms with E-state index >= 15 is 0 Å². The summed E-state index contributed by atoms with van der Waals surface area (Å²) in [4.78, 5) is 27.1. The fourth-order valence-electron chi connectivity index (χ4n) is 5.11. The van der Waals surface area contributed by atoms with Crippen molar-refractivity contribution in [3.63, 3.8) is 0 Å². The third-order valence-corrected chi connectivity index (χ3v) is 8.06. The fourth-order valence-corrected chi connectivity index (χ4v) is 5.82. The molecule has 4 heterocycles. The molecule has 1 N–H and O–H groups in total. The molecule has 2 aromatic carbocycles. The molecular weight excluding hydrogens is 520 g/mol. The molecule has 1 aliphatic heterocycles. The highest BCUT2D eigenvalue weighted by atomic mass is 32.1. The van der Waals surface area contributed by atoms with Gasteiger partial charge in [0.25, 0.3) is 0 Å². The van der Waals surface area contributed by atoms with Crippen LogP contribution in [0.5, 0.6) is 17.5 Å². The van der Waals surface area contributed by atoms with Gasteiger partial charge >= 0.3 is 0 Å². The van der Waals surface area contributed by atoms with Gasteiger partial charge in [-0.25, -0.2) is 4.98 Å². The molecule has 6 rings (SSSR count). The summed E-state index contributed by atoms with van der Waals surface area (Å²) in [5.74, 6) is 1.20. The van der Waals surface area contributed by atoms with E-state index in [2.05, 4.69) is 39.6 Å². The molecule has 0 aliphatic carbocycles. The van der Waals surface area contributed by atoms with Gasteiger partial charge in [0.15, 0.2) is 5.13 Å². The Bertz CT molecular complexity index is 1670. The number of ether oxygens (including phenoxy) is 2. The minimum Gasteiger partial charge on any atom is -0.481 e. The Balaban J connectivity index is 1.20. The second kappa shape index (κ2) is 10.5. The number of thiazole rings is 1. The molecule has 0 saturated carbocycles. The first-order valence-electron chi connectivity index (χ1n) is 13.0. The van der Waals surface area contributed by atoms with Crippen molar-refractivity contribution in [1.82, 2.24) is 15.0 Å². The zero-order chi connectivity index (χ0) is 27.7. The van der Waals surface area contributed by atoms with E-state index in [1.165, 1.54) is 11.3 Å². The van der Waals surface area contributed by atoms with E-state index in [1.807, 2.05) is 61.7 Å². The van der Waals surface area contributed by atoms with Gasteiger partial charge in [-0.3, -0.25) is 9.78 Å². The molecule has 1 amide bonds. The third kappa shape index (κ3) is 4.94. The van der Waals surface area contributed by atoms with E-state index in [0.29, 0.717) is 29.1 Å². The van der Waals surface area contributed by atoms with E-state index in [4.69, 9.17) is 14.5 Å². The van der Waals surface area contributed by atoms with Crippen LogP contribution in [-0.4, -0.2) is 28.0 Å². The predicted molar refractivity (Wildman–Crippen MR) is 156 cm³/mol. The lowest BCUT2D eigenvalue weighted by atomic mass is 9.70. The van der Waals surface area contributed by atoms with E-state index in [-0.39, 0.29) is 11.8 Å². The SMILES string of the molecule is COc1ccc2c(n1)Oc1ccccc1C2C(C)(C)C(=O)Nc1nc(Cc2ccc(-c3ccncc3)cc2)cs1. The number of aromatic nitrogens is 3. The Labute approximate surface area is 236 Å². The van der Waals surface area contributed by atoms with E-state index in [0.717, 1.165) is 33.5 Å². The molecule has 1 aliphatic rings. The number of carbonyl (C=O) groups is 1. The van der Waals surface area contributed by atoms with Crippen molar-refractivity contribution in [3.05, 3.63) is 113 Å². The topological polar surface area (TPSA) is 86.2 Å². The number of nitrogens with one attached hydrogen (secondary N) is 1. The Kier molecular flexibility index (Phi) is 6.77. The van der Waals surface area contributed by atoms with Crippen LogP contribution in [0.15, 0.2) is 90.6 Å². The van der Waals surface area contributed by atoms with Gasteiger partial charge in [0.05, 0.1) is 18.2 Å². The minimum atomic E-state index is -0.834. The monoisotopic (exact) mass is 548 g/mol. The number of pyridine rings is 2. The quantitative estimate of drug-likeness (QED) is 0.233. The number of fused-ring (bicyclic) bond motifs is 2. The lowest BCUT2D eigenvalue weighted by molar-refractivity contribution is -0.124. The van der Waals surface area contributed by atoms with Crippen LogP contribution in [0.3, 0.4) is 0 Å². The molecule has 200 valence electrons. The summed E-state index contributed by atoms with van der Waals surface area (Å²) in [5.41, 5.74) is 5.29. The molecular formula is C32H28N4O3S. The van der Waals surface area contributed by atoms with Gasteiger partial charge in [-0.2, -0.15) is 4.98 Å². The second-order valence-corrected chi connectivity index (χ2v) is 11.1. The van der Waals surface area contributed by atoms with Crippen molar-refractivity contribution >= 4 is 22.4 Å². The smallest absolute Gasteiger partial charge is 0.232 e. The van der Waals surface area contributed by atoms with Crippen LogP contribution in [0.1, 0.15) is 42.1 Å². The zero-order valence-corrected chi connectivity index (χ0v) is 23.2. The zero-order valence-electron chi connectivity index (χ0n) is 22.4. The molecule has 40 heavy (non-hydrogen) atoms. The molecule has 7 nitrogen and oxygen atoms in total. The van der Waals surface area contributed by atoms with Crippen LogP contribution >= 0.6 is 11.3 Å². The van der Waals surface area contributed by atoms with Crippen LogP contribution in [0.4, 0.5) is 5.13 Å². The molecule has 5 aromatic rings. The number of benzene rings is 2. The number of rotatable bonds is 7. The van der Waals surface area contributed by atoms with Crippen LogP contribution in [0.2, 0.25) is 0 Å².